The highest BCUT2D eigenvalue weighted by atomic mass is 16.3. The number of benzene rings is 6. The van der Waals surface area contributed by atoms with Crippen LogP contribution < -0.4 is 0 Å². The largest absolute Gasteiger partial charge is 0.509 e. The molecular weight excluding hydrogens is 697 g/mol. The van der Waals surface area contributed by atoms with Crippen LogP contribution in [-0.4, -0.2) is 15.3 Å². The van der Waals surface area contributed by atoms with Crippen molar-refractivity contribution in [2.75, 3.05) is 0 Å². The molecule has 0 amide bonds. The van der Waals surface area contributed by atoms with Crippen LogP contribution in [0.25, 0.3) is 50.1 Å². The quantitative estimate of drug-likeness (QED) is 0.107. The molecular formula is C54H50O3. The highest BCUT2D eigenvalue weighted by molar-refractivity contribution is 5.92. The van der Waals surface area contributed by atoms with E-state index in [-0.39, 0.29) is 17.4 Å². The topological polar surface area (TPSA) is 60.7 Å². The van der Waals surface area contributed by atoms with Gasteiger partial charge in [0, 0.05) is 11.5 Å². The van der Waals surface area contributed by atoms with Gasteiger partial charge in [0.1, 0.15) is 5.76 Å². The minimum atomic E-state index is -0.560. The summed E-state index contributed by atoms with van der Waals surface area (Å²) in [5, 5.41) is 31.9. The molecule has 1 aliphatic rings. The molecule has 0 aromatic heterocycles. The number of hydrogen-bond acceptors (Lipinski definition) is 3. The lowest BCUT2D eigenvalue weighted by molar-refractivity contribution is 0.281. The van der Waals surface area contributed by atoms with Crippen molar-refractivity contribution in [1.29, 1.82) is 0 Å². The summed E-state index contributed by atoms with van der Waals surface area (Å²) < 4.78 is 0. The molecule has 6 aromatic carbocycles. The van der Waals surface area contributed by atoms with E-state index in [1.165, 1.54) is 23.6 Å². The maximum absolute atomic E-state index is 11.2. The maximum Gasteiger partial charge on any atom is 0.195 e. The van der Waals surface area contributed by atoms with E-state index in [1.54, 1.807) is 6.08 Å². The molecule has 0 heterocycles. The Morgan fingerprint density at radius 3 is 1.60 bits per heavy atom. The van der Waals surface area contributed by atoms with Crippen molar-refractivity contribution in [1.82, 2.24) is 0 Å². The van der Waals surface area contributed by atoms with Crippen molar-refractivity contribution >= 4 is 5.57 Å². The monoisotopic (exact) mass is 746 g/mol. The molecule has 0 saturated heterocycles. The Hall–Kier alpha value is -6.84. The molecule has 0 spiro atoms. The molecule has 0 fully saturated rings. The van der Waals surface area contributed by atoms with Gasteiger partial charge in [-0.25, -0.2) is 0 Å². The number of aliphatic hydroxyl groups excluding tert-OH is 3. The van der Waals surface area contributed by atoms with E-state index in [4.69, 9.17) is 0 Å². The summed E-state index contributed by atoms with van der Waals surface area (Å²) in [6.45, 7) is 11.5. The van der Waals surface area contributed by atoms with Crippen molar-refractivity contribution in [3.63, 3.8) is 0 Å². The first-order valence-corrected chi connectivity index (χ1v) is 19.6. The van der Waals surface area contributed by atoms with E-state index in [2.05, 4.69) is 153 Å². The van der Waals surface area contributed by atoms with Crippen molar-refractivity contribution in [2.24, 2.45) is 0 Å². The first-order valence-electron chi connectivity index (χ1n) is 19.6. The Labute approximate surface area is 338 Å². The lowest BCUT2D eigenvalue weighted by Gasteiger charge is -2.25. The van der Waals surface area contributed by atoms with Gasteiger partial charge >= 0.3 is 0 Å². The summed E-state index contributed by atoms with van der Waals surface area (Å²) in [5.41, 5.74) is 14.7. The highest BCUT2D eigenvalue weighted by Gasteiger charge is 2.25. The summed E-state index contributed by atoms with van der Waals surface area (Å²) in [6, 6.07) is 53.4. The van der Waals surface area contributed by atoms with Gasteiger partial charge in [-0.2, -0.15) is 0 Å². The smallest absolute Gasteiger partial charge is 0.195 e. The fourth-order valence-electron chi connectivity index (χ4n) is 7.47. The third-order valence-corrected chi connectivity index (χ3v) is 10.3. The first kappa shape index (κ1) is 39.8. The van der Waals surface area contributed by atoms with Crippen molar-refractivity contribution in [2.45, 2.75) is 40.0 Å². The molecule has 0 saturated carbocycles. The van der Waals surface area contributed by atoms with Crippen LogP contribution in [0.5, 0.6) is 0 Å². The van der Waals surface area contributed by atoms with E-state index in [0.717, 1.165) is 55.7 Å². The van der Waals surface area contributed by atoms with E-state index in [1.807, 2.05) is 50.3 Å². The Morgan fingerprint density at radius 1 is 0.544 bits per heavy atom. The van der Waals surface area contributed by atoms with E-state index in [0.29, 0.717) is 12.0 Å². The van der Waals surface area contributed by atoms with Crippen LogP contribution in [0.4, 0.5) is 0 Å². The van der Waals surface area contributed by atoms with Gasteiger partial charge in [-0.15, -0.1) is 0 Å². The minimum Gasteiger partial charge on any atom is -0.509 e. The van der Waals surface area contributed by atoms with E-state index >= 15 is 0 Å². The van der Waals surface area contributed by atoms with Crippen molar-refractivity contribution in [3.05, 3.63) is 234 Å². The molecule has 1 unspecified atom stereocenters. The van der Waals surface area contributed by atoms with Crippen LogP contribution in [0.15, 0.2) is 217 Å². The number of allylic oxidation sites excluding steroid dienone is 8. The second kappa shape index (κ2) is 18.7. The maximum atomic E-state index is 11.2. The van der Waals surface area contributed by atoms with Crippen LogP contribution in [0.1, 0.15) is 56.7 Å². The molecule has 6 aromatic rings. The molecule has 1 atom stereocenters. The zero-order chi connectivity index (χ0) is 40.3. The first-order chi connectivity index (χ1) is 27.8. The van der Waals surface area contributed by atoms with Crippen LogP contribution in [0.3, 0.4) is 0 Å². The lowest BCUT2D eigenvalue weighted by atomic mass is 9.79. The molecule has 7 rings (SSSR count). The van der Waals surface area contributed by atoms with Gasteiger partial charge < -0.3 is 15.3 Å². The Morgan fingerprint density at radius 2 is 1.04 bits per heavy atom. The number of aliphatic hydroxyl groups is 3. The molecule has 0 aliphatic heterocycles. The fraction of sp³-hybridized carbons (Fsp3) is 0.111. The van der Waals surface area contributed by atoms with Gasteiger partial charge in [0.15, 0.2) is 11.5 Å². The van der Waals surface area contributed by atoms with Gasteiger partial charge in [0.25, 0.3) is 0 Å². The van der Waals surface area contributed by atoms with E-state index in [9.17, 15) is 15.3 Å². The van der Waals surface area contributed by atoms with Gasteiger partial charge in [-0.3, -0.25) is 0 Å². The van der Waals surface area contributed by atoms with Gasteiger partial charge in [0.2, 0.25) is 0 Å². The third-order valence-electron chi connectivity index (χ3n) is 10.3. The predicted molar refractivity (Wildman–Crippen MR) is 241 cm³/mol. The third kappa shape index (κ3) is 8.85. The fourth-order valence-corrected chi connectivity index (χ4v) is 7.47. The second-order valence-corrected chi connectivity index (χ2v) is 13.8. The molecule has 3 heteroatoms. The highest BCUT2D eigenvalue weighted by Crippen LogP contribution is 2.43. The van der Waals surface area contributed by atoms with Crippen molar-refractivity contribution in [3.8, 4) is 44.5 Å². The number of rotatable bonds is 8. The molecule has 3 nitrogen and oxygen atoms in total. The minimum absolute atomic E-state index is 0.362. The predicted octanol–water partition coefficient (Wildman–Crippen LogP) is 15.1. The van der Waals surface area contributed by atoms with Crippen LogP contribution >= 0.6 is 0 Å². The Balaban J connectivity index is 0.00000270. The molecule has 284 valence electrons. The van der Waals surface area contributed by atoms with Crippen LogP contribution in [-0.2, 0) is 0 Å². The molecule has 3 N–H and O–H groups in total. The van der Waals surface area contributed by atoms with Crippen LogP contribution in [0.2, 0.25) is 0 Å². The summed E-state index contributed by atoms with van der Waals surface area (Å²) in [5.74, 6) is -1.68. The number of fused-ring (bicyclic) bond motifs is 1. The van der Waals surface area contributed by atoms with Crippen LogP contribution in [0, 0.1) is 0 Å². The molecule has 0 bridgehead atoms. The van der Waals surface area contributed by atoms with E-state index < -0.39 is 5.76 Å². The summed E-state index contributed by atoms with van der Waals surface area (Å²) in [4.78, 5) is 0. The molecule has 57 heavy (non-hydrogen) atoms. The molecule has 1 aliphatic carbocycles. The Bertz CT molecular complexity index is 2470. The SMILES string of the molecule is C=C/C(=C(O)\C(O)=C(/C)O)C1C/C=C/C=C\C(C)=C(/c2ccc(-c3ccc(-c4ccccc4)cc3)c(-c3ccc(-c4ccccc4)cc3)c2)c2ccccc21.CC. The second-order valence-electron chi connectivity index (χ2n) is 13.8. The average Bonchev–Trinajstić information content (AvgIpc) is 3.27. The van der Waals surface area contributed by atoms with Crippen molar-refractivity contribution < 1.29 is 15.3 Å². The standard InChI is InChI=1S/C52H44O3.C2H6/c1-4-44(52(55)51(54)36(3)53)46-21-13-5-8-16-35(2)50(48-23-15-14-22-47(46)48)43-32-33-45(41-28-24-39(25-29-41)37-17-9-6-10-18-37)49(34-43)42-30-26-40(27-31-42)38-19-11-7-12-20-38;1-2/h4-20,22-34,46,53-55H,1,21H2,2-3H3;1-2H3/b13-5+,16-8-,50-35+,51-36-,52-44-;. The molecule has 0 radical (unpaired) electrons. The zero-order valence-corrected chi connectivity index (χ0v) is 33.2. The van der Waals surface area contributed by atoms with Gasteiger partial charge in [-0.1, -0.05) is 196 Å². The summed E-state index contributed by atoms with van der Waals surface area (Å²) in [7, 11) is 0. The van der Waals surface area contributed by atoms with Gasteiger partial charge in [0.05, 0.1) is 0 Å². The lowest BCUT2D eigenvalue weighted by Crippen LogP contribution is -2.09. The summed E-state index contributed by atoms with van der Waals surface area (Å²) >= 11 is 0. The van der Waals surface area contributed by atoms with Gasteiger partial charge in [-0.05, 0) is 98.7 Å². The zero-order valence-electron chi connectivity index (χ0n) is 33.2. The number of hydrogen-bond donors (Lipinski definition) is 3. The summed E-state index contributed by atoms with van der Waals surface area (Å²) in [6.07, 6.45) is 10.3. The normalized spacial score (nSPS) is 17.1. The average molecular weight is 747 g/mol. The Kier molecular flexibility index (Phi) is 13.0.